The van der Waals surface area contributed by atoms with Crippen LogP contribution in [0.3, 0.4) is 0 Å². The molecule has 4 nitrogen and oxygen atoms in total. The second-order valence-electron chi connectivity index (χ2n) is 5.44. The predicted molar refractivity (Wildman–Crippen MR) is 69.6 cm³/mol. The molecule has 1 aromatic rings. The quantitative estimate of drug-likeness (QED) is 0.840. The second-order valence-corrected chi connectivity index (χ2v) is 7.12. The van der Waals surface area contributed by atoms with Crippen molar-refractivity contribution in [1.29, 1.82) is 0 Å². The summed E-state index contributed by atoms with van der Waals surface area (Å²) in [5.74, 6) is -2.44. The maximum atomic E-state index is 13.7. The number of rotatable bonds is 6. The Morgan fingerprint density at radius 1 is 1.10 bits per heavy atom. The molecule has 2 N–H and O–H groups in total. The second kappa shape index (κ2) is 5.05. The summed E-state index contributed by atoms with van der Waals surface area (Å²) in [6, 6.07) is 2.52. The highest BCUT2D eigenvalue weighted by Gasteiger charge is 2.31. The molecule has 0 saturated heterocycles. The first-order chi connectivity index (χ1) is 9.45. The first-order valence-electron chi connectivity index (χ1n) is 6.69. The van der Waals surface area contributed by atoms with Crippen molar-refractivity contribution in [3.63, 3.8) is 0 Å². The number of nitrogens with one attached hydrogen (secondary N) is 2. The first kappa shape index (κ1) is 13.9. The summed E-state index contributed by atoms with van der Waals surface area (Å²) in [7, 11) is -3.99. The van der Waals surface area contributed by atoms with Gasteiger partial charge in [-0.1, -0.05) is 0 Å². The minimum Gasteiger partial charge on any atom is -0.310 e. The molecule has 0 heterocycles. The Bertz CT molecular complexity index is 626. The number of halogens is 2. The van der Waals surface area contributed by atoms with Crippen molar-refractivity contribution in [3.05, 3.63) is 29.3 Å². The lowest BCUT2D eigenvalue weighted by Crippen LogP contribution is -2.27. The van der Waals surface area contributed by atoms with Gasteiger partial charge in [-0.05, 0) is 43.4 Å². The van der Waals surface area contributed by atoms with Crippen molar-refractivity contribution in [1.82, 2.24) is 10.0 Å². The largest absolute Gasteiger partial charge is 0.310 e. The van der Waals surface area contributed by atoms with Gasteiger partial charge < -0.3 is 5.32 Å². The van der Waals surface area contributed by atoms with Gasteiger partial charge in [0.25, 0.3) is 0 Å². The van der Waals surface area contributed by atoms with Gasteiger partial charge in [-0.25, -0.2) is 21.9 Å². The molecule has 0 spiro atoms. The predicted octanol–water partition coefficient (Wildman–Crippen LogP) is 1.66. The van der Waals surface area contributed by atoms with E-state index in [4.69, 9.17) is 0 Å². The van der Waals surface area contributed by atoms with Crippen molar-refractivity contribution >= 4 is 10.0 Å². The molecule has 0 unspecified atom stereocenters. The minimum atomic E-state index is -3.99. The van der Waals surface area contributed by atoms with Gasteiger partial charge in [0.05, 0.1) is 0 Å². The van der Waals surface area contributed by atoms with Crippen LogP contribution in [0, 0.1) is 11.6 Å². The summed E-state index contributed by atoms with van der Waals surface area (Å²) in [6.45, 7) is 0.341. The number of hydrogen-bond donors (Lipinski definition) is 2. The molecule has 2 aliphatic carbocycles. The molecule has 20 heavy (non-hydrogen) atoms. The molecule has 0 atom stereocenters. The molecule has 3 rings (SSSR count). The Labute approximate surface area is 116 Å². The third-order valence-corrected chi connectivity index (χ3v) is 4.94. The molecule has 2 aliphatic rings. The van der Waals surface area contributed by atoms with Crippen LogP contribution >= 0.6 is 0 Å². The van der Waals surface area contributed by atoms with Crippen LogP contribution in [-0.4, -0.2) is 20.5 Å². The van der Waals surface area contributed by atoms with Crippen LogP contribution in [0.5, 0.6) is 0 Å². The molecule has 0 aliphatic heterocycles. The highest BCUT2D eigenvalue weighted by molar-refractivity contribution is 7.89. The SMILES string of the molecule is O=S(=O)(NC1CC1)c1cc(CNC2CC2)cc(F)c1F. The van der Waals surface area contributed by atoms with E-state index in [1.807, 2.05) is 0 Å². The van der Waals surface area contributed by atoms with Crippen LogP contribution < -0.4 is 10.0 Å². The van der Waals surface area contributed by atoms with Crippen LogP contribution in [0.15, 0.2) is 17.0 Å². The number of sulfonamides is 1. The van der Waals surface area contributed by atoms with Crippen molar-refractivity contribution < 1.29 is 17.2 Å². The summed E-state index contributed by atoms with van der Waals surface area (Å²) in [6.07, 6.45) is 3.62. The van der Waals surface area contributed by atoms with Gasteiger partial charge in [0, 0.05) is 18.6 Å². The Hall–Kier alpha value is -1.05. The van der Waals surface area contributed by atoms with Gasteiger partial charge >= 0.3 is 0 Å². The van der Waals surface area contributed by atoms with E-state index in [0.717, 1.165) is 31.7 Å². The van der Waals surface area contributed by atoms with Crippen LogP contribution in [0.4, 0.5) is 8.78 Å². The summed E-state index contributed by atoms with van der Waals surface area (Å²) < 4.78 is 53.7. The zero-order valence-corrected chi connectivity index (χ0v) is 11.6. The Morgan fingerprint density at radius 3 is 2.35 bits per heavy atom. The van der Waals surface area contributed by atoms with Gasteiger partial charge in [0.15, 0.2) is 11.6 Å². The third-order valence-electron chi connectivity index (χ3n) is 3.42. The first-order valence-corrected chi connectivity index (χ1v) is 8.17. The average Bonchev–Trinajstić information content (AvgIpc) is 3.23. The molecule has 0 amide bonds. The molecule has 0 radical (unpaired) electrons. The van der Waals surface area contributed by atoms with Crippen molar-refractivity contribution in [2.24, 2.45) is 0 Å². The van der Waals surface area contributed by atoms with Gasteiger partial charge in [-0.2, -0.15) is 0 Å². The molecule has 2 fully saturated rings. The van der Waals surface area contributed by atoms with Gasteiger partial charge in [0.1, 0.15) is 4.90 Å². The highest BCUT2D eigenvalue weighted by atomic mass is 32.2. The van der Waals surface area contributed by atoms with E-state index in [2.05, 4.69) is 10.0 Å². The van der Waals surface area contributed by atoms with E-state index in [9.17, 15) is 17.2 Å². The summed E-state index contributed by atoms with van der Waals surface area (Å²) in [5, 5.41) is 3.15. The Morgan fingerprint density at radius 2 is 1.75 bits per heavy atom. The molecule has 1 aromatic carbocycles. The lowest BCUT2D eigenvalue weighted by molar-refractivity contribution is 0.480. The van der Waals surface area contributed by atoms with Crippen molar-refractivity contribution in [2.45, 2.75) is 49.2 Å². The third kappa shape index (κ3) is 3.16. The topological polar surface area (TPSA) is 58.2 Å². The van der Waals surface area contributed by atoms with Gasteiger partial charge in [0.2, 0.25) is 10.0 Å². The summed E-state index contributed by atoms with van der Waals surface area (Å²) >= 11 is 0. The number of benzene rings is 1. The lowest BCUT2D eigenvalue weighted by Gasteiger charge is -2.10. The zero-order chi connectivity index (χ0) is 14.3. The standard InChI is InChI=1S/C13H16F2N2O2S/c14-11-5-8(7-16-9-1-2-9)6-12(13(11)15)20(18,19)17-10-3-4-10/h5-6,9-10,16-17H,1-4,7H2. The van der Waals surface area contributed by atoms with E-state index in [1.54, 1.807) is 0 Å². The van der Waals surface area contributed by atoms with E-state index in [-0.39, 0.29) is 6.04 Å². The minimum absolute atomic E-state index is 0.143. The maximum Gasteiger partial charge on any atom is 0.243 e. The van der Waals surface area contributed by atoms with Crippen molar-refractivity contribution in [2.75, 3.05) is 0 Å². The average molecular weight is 302 g/mol. The summed E-state index contributed by atoms with van der Waals surface area (Å²) in [5.41, 5.74) is 0.437. The van der Waals surface area contributed by atoms with Crippen LogP contribution in [0.2, 0.25) is 0 Å². The Balaban J connectivity index is 1.86. The van der Waals surface area contributed by atoms with Gasteiger partial charge in [-0.3, -0.25) is 0 Å². The lowest BCUT2D eigenvalue weighted by atomic mass is 10.2. The van der Waals surface area contributed by atoms with Crippen LogP contribution in [-0.2, 0) is 16.6 Å². The molecule has 0 aromatic heterocycles. The molecule has 0 bridgehead atoms. The monoisotopic (exact) mass is 302 g/mol. The van der Waals surface area contributed by atoms with E-state index in [1.165, 1.54) is 6.07 Å². The fourth-order valence-electron chi connectivity index (χ4n) is 1.95. The molecule has 7 heteroatoms. The summed E-state index contributed by atoms with van der Waals surface area (Å²) in [4.78, 5) is -0.600. The fraction of sp³-hybridized carbons (Fsp3) is 0.538. The zero-order valence-electron chi connectivity index (χ0n) is 10.8. The Kier molecular flexibility index (Phi) is 3.51. The molecule has 2 saturated carbocycles. The highest BCUT2D eigenvalue weighted by Crippen LogP contribution is 2.26. The van der Waals surface area contributed by atoms with E-state index >= 15 is 0 Å². The van der Waals surface area contributed by atoms with E-state index in [0.29, 0.717) is 18.2 Å². The molecule has 110 valence electrons. The van der Waals surface area contributed by atoms with Gasteiger partial charge in [-0.15, -0.1) is 0 Å². The molecular weight excluding hydrogens is 286 g/mol. The number of hydrogen-bond acceptors (Lipinski definition) is 3. The van der Waals surface area contributed by atoms with Crippen molar-refractivity contribution in [3.8, 4) is 0 Å². The van der Waals surface area contributed by atoms with E-state index < -0.39 is 26.6 Å². The fourth-order valence-corrected chi connectivity index (χ4v) is 3.39. The maximum absolute atomic E-state index is 13.7. The smallest absolute Gasteiger partial charge is 0.243 e. The van der Waals surface area contributed by atoms with Crippen LogP contribution in [0.1, 0.15) is 31.2 Å². The normalized spacial score (nSPS) is 19.3. The molecular formula is C13H16F2N2O2S. The van der Waals surface area contributed by atoms with Crippen LogP contribution in [0.25, 0.3) is 0 Å².